The Kier molecular flexibility index (Phi) is 8.28. The molecule has 0 N–H and O–H groups in total. The number of halogens is 6. The highest BCUT2D eigenvalue weighted by atomic mass is 19.4. The quantitative estimate of drug-likeness (QED) is 0.324. The van der Waals surface area contributed by atoms with Crippen LogP contribution >= 0.6 is 0 Å². The van der Waals surface area contributed by atoms with Gasteiger partial charge in [-0.05, 0) is 0 Å². The van der Waals surface area contributed by atoms with Gasteiger partial charge in [0.25, 0.3) is 0 Å². The fourth-order valence-corrected chi connectivity index (χ4v) is 0.935. The summed E-state index contributed by atoms with van der Waals surface area (Å²) in [5, 5.41) is 0. The number of alkyl halides is 6. The van der Waals surface area contributed by atoms with Gasteiger partial charge in [0.1, 0.15) is 13.2 Å². The van der Waals surface area contributed by atoms with Gasteiger partial charge in [0.05, 0.1) is 12.8 Å². The van der Waals surface area contributed by atoms with Crippen molar-refractivity contribution >= 4 is 11.9 Å². The van der Waals surface area contributed by atoms with E-state index in [1.54, 1.807) is 0 Å². The number of rotatable bonds is 6. The maximum atomic E-state index is 11.7. The van der Waals surface area contributed by atoms with Gasteiger partial charge in [-0.15, -0.1) is 0 Å². The van der Waals surface area contributed by atoms with Gasteiger partial charge in [-0.25, -0.2) is 9.59 Å². The predicted molar refractivity (Wildman–Crippen MR) is 61.5 cm³/mol. The molecule has 0 saturated carbocycles. The van der Waals surface area contributed by atoms with Crippen LogP contribution in [0.4, 0.5) is 26.3 Å². The number of ether oxygens (including phenoxy) is 2. The van der Waals surface area contributed by atoms with Crippen LogP contribution in [0.25, 0.3) is 0 Å². The third-order valence-electron chi connectivity index (χ3n) is 1.82. The van der Waals surface area contributed by atoms with Gasteiger partial charge in [-0.2, -0.15) is 26.3 Å². The summed E-state index contributed by atoms with van der Waals surface area (Å²) in [7, 11) is 0. The Labute approximate surface area is 121 Å². The van der Waals surface area contributed by atoms with E-state index < -0.39 is 50.3 Å². The van der Waals surface area contributed by atoms with Crippen LogP contribution in [0.1, 0.15) is 12.8 Å². The molecule has 0 aromatic carbocycles. The smallest absolute Gasteiger partial charge is 0.417 e. The molecule has 0 aliphatic rings. The molecule has 0 radical (unpaired) electrons. The molecule has 0 bridgehead atoms. The minimum absolute atomic E-state index is 0.562. The third kappa shape index (κ3) is 13.0. The van der Waals surface area contributed by atoms with Crippen LogP contribution in [0.3, 0.4) is 0 Å². The van der Waals surface area contributed by atoms with Crippen LogP contribution in [0, 0.1) is 0 Å². The van der Waals surface area contributed by atoms with E-state index in [1.807, 2.05) is 0 Å². The fourth-order valence-electron chi connectivity index (χ4n) is 0.935. The minimum Gasteiger partial charge on any atom is -0.453 e. The molecule has 0 saturated heterocycles. The average molecular weight is 334 g/mol. The van der Waals surface area contributed by atoms with Gasteiger partial charge in [-0.1, -0.05) is 24.3 Å². The molecule has 0 heterocycles. The van der Waals surface area contributed by atoms with Crippen LogP contribution in [0.15, 0.2) is 24.3 Å². The van der Waals surface area contributed by atoms with E-state index in [0.717, 1.165) is 12.2 Å². The molecule has 22 heavy (non-hydrogen) atoms. The zero-order valence-corrected chi connectivity index (χ0v) is 11.0. The second-order valence-corrected chi connectivity index (χ2v) is 3.78. The van der Waals surface area contributed by atoms with E-state index in [-0.39, 0.29) is 0 Å². The molecule has 10 heteroatoms. The molecule has 0 amide bonds. The summed E-state index contributed by atoms with van der Waals surface area (Å²) in [5.74, 6) is -2.92. The lowest BCUT2D eigenvalue weighted by atomic mass is 10.4. The van der Waals surface area contributed by atoms with Crippen LogP contribution in [0.5, 0.6) is 0 Å². The third-order valence-corrected chi connectivity index (χ3v) is 1.82. The van der Waals surface area contributed by atoms with E-state index in [0.29, 0.717) is 12.2 Å². The minimum atomic E-state index is -4.39. The summed E-state index contributed by atoms with van der Waals surface area (Å²) in [6.45, 7) is -1.12. The zero-order chi connectivity index (χ0) is 17.2. The topological polar surface area (TPSA) is 52.6 Å². The summed E-state index contributed by atoms with van der Waals surface area (Å²) < 4.78 is 78.9. The molecule has 4 nitrogen and oxygen atoms in total. The SMILES string of the molecule is O=C(OC/C=C/CC(F)(F)F)C(=O)OC/C=C/CC(F)(F)F. The Bertz CT molecular complexity index is 382. The number of hydrogen-bond donors (Lipinski definition) is 0. The number of carbonyl (C=O) groups excluding carboxylic acids is 2. The van der Waals surface area contributed by atoms with Gasteiger partial charge in [0, 0.05) is 0 Å². The second kappa shape index (κ2) is 9.11. The normalized spacial score (nSPS) is 12.8. The first-order chi connectivity index (χ1) is 10.0. The molecular formula is C12H12F6O4. The molecule has 0 rings (SSSR count). The molecule has 0 aromatic rings. The van der Waals surface area contributed by atoms with Crippen molar-refractivity contribution in [3.63, 3.8) is 0 Å². The first-order valence-corrected chi connectivity index (χ1v) is 5.78. The summed E-state index contributed by atoms with van der Waals surface area (Å²) in [4.78, 5) is 21.9. The van der Waals surface area contributed by atoms with Gasteiger partial charge in [0.2, 0.25) is 0 Å². The maximum Gasteiger partial charge on any atom is 0.417 e. The lowest BCUT2D eigenvalue weighted by Crippen LogP contribution is -2.20. The summed E-state index contributed by atoms with van der Waals surface area (Å²) in [6, 6.07) is 0. The van der Waals surface area contributed by atoms with Crippen LogP contribution < -0.4 is 0 Å². The van der Waals surface area contributed by atoms with Gasteiger partial charge in [-0.3, -0.25) is 0 Å². The van der Waals surface area contributed by atoms with E-state index >= 15 is 0 Å². The van der Waals surface area contributed by atoms with Crippen molar-refractivity contribution in [2.75, 3.05) is 13.2 Å². The molecule has 126 valence electrons. The number of hydrogen-bond acceptors (Lipinski definition) is 4. The first kappa shape index (κ1) is 20.0. The Morgan fingerprint density at radius 3 is 1.27 bits per heavy atom. The molecule has 0 aliphatic heterocycles. The predicted octanol–water partition coefficient (Wildman–Crippen LogP) is 3.09. The lowest BCUT2D eigenvalue weighted by molar-refractivity contribution is -0.166. The summed E-state index contributed by atoms with van der Waals surface area (Å²) in [6.07, 6.45) is -8.00. The van der Waals surface area contributed by atoms with Crippen molar-refractivity contribution < 1.29 is 45.4 Å². The monoisotopic (exact) mass is 334 g/mol. The second-order valence-electron chi connectivity index (χ2n) is 3.78. The van der Waals surface area contributed by atoms with Gasteiger partial charge >= 0.3 is 24.3 Å². The van der Waals surface area contributed by atoms with Gasteiger partial charge < -0.3 is 9.47 Å². The average Bonchev–Trinajstić information content (AvgIpc) is 2.34. The highest BCUT2D eigenvalue weighted by molar-refractivity contribution is 6.29. The molecule has 0 aliphatic carbocycles. The Hall–Kier alpha value is -2.00. The number of esters is 2. The van der Waals surface area contributed by atoms with Crippen molar-refractivity contribution in [1.82, 2.24) is 0 Å². The molecular weight excluding hydrogens is 322 g/mol. The number of allylic oxidation sites excluding steroid dienone is 2. The zero-order valence-electron chi connectivity index (χ0n) is 11.0. The Morgan fingerprint density at radius 1 is 0.682 bits per heavy atom. The van der Waals surface area contributed by atoms with Crippen LogP contribution in [-0.4, -0.2) is 37.5 Å². The van der Waals surface area contributed by atoms with E-state index in [9.17, 15) is 35.9 Å². The lowest BCUT2D eigenvalue weighted by Gasteiger charge is -2.03. The van der Waals surface area contributed by atoms with Crippen molar-refractivity contribution in [3.05, 3.63) is 24.3 Å². The largest absolute Gasteiger partial charge is 0.453 e. The van der Waals surface area contributed by atoms with Crippen LogP contribution in [-0.2, 0) is 19.1 Å². The first-order valence-electron chi connectivity index (χ1n) is 5.78. The van der Waals surface area contributed by atoms with Crippen molar-refractivity contribution in [3.8, 4) is 0 Å². The highest BCUT2D eigenvalue weighted by Gasteiger charge is 2.25. The molecule has 0 fully saturated rings. The standard InChI is InChI=1S/C12H12F6O4/c13-11(14,15)5-1-3-7-21-9(19)10(20)22-8-4-2-6-12(16,17)18/h1-4H,5-8H2/b3-1+,4-2+. The summed E-state index contributed by atoms with van der Waals surface area (Å²) >= 11 is 0. The van der Waals surface area contributed by atoms with Crippen molar-refractivity contribution in [2.45, 2.75) is 25.2 Å². The van der Waals surface area contributed by atoms with Crippen LogP contribution in [0.2, 0.25) is 0 Å². The highest BCUT2D eigenvalue weighted by Crippen LogP contribution is 2.20. The van der Waals surface area contributed by atoms with Gasteiger partial charge in [0.15, 0.2) is 0 Å². The van der Waals surface area contributed by atoms with E-state index in [4.69, 9.17) is 0 Å². The molecule has 0 unspecified atom stereocenters. The van der Waals surface area contributed by atoms with Crippen molar-refractivity contribution in [2.24, 2.45) is 0 Å². The summed E-state index contributed by atoms with van der Waals surface area (Å²) in [5.41, 5.74) is 0. The van der Waals surface area contributed by atoms with E-state index in [1.165, 1.54) is 0 Å². The molecule has 0 aromatic heterocycles. The Balaban J connectivity index is 3.87. The Morgan fingerprint density at radius 2 is 1.00 bits per heavy atom. The molecule has 0 atom stereocenters. The maximum absolute atomic E-state index is 11.7. The molecule has 0 spiro atoms. The number of carbonyl (C=O) groups is 2. The fraction of sp³-hybridized carbons (Fsp3) is 0.500. The van der Waals surface area contributed by atoms with E-state index in [2.05, 4.69) is 9.47 Å². The van der Waals surface area contributed by atoms with Crippen molar-refractivity contribution in [1.29, 1.82) is 0 Å².